The van der Waals surface area contributed by atoms with E-state index in [-0.39, 0.29) is 36.2 Å². The molecule has 3 amide bonds. The minimum atomic E-state index is -0.158. The van der Waals surface area contributed by atoms with Crippen molar-refractivity contribution in [2.75, 3.05) is 37.6 Å². The topological polar surface area (TPSA) is 78.7 Å². The fraction of sp³-hybridized carbons (Fsp3) is 0.333. The molecule has 0 radical (unpaired) electrons. The number of hydrogen-bond acceptors (Lipinski definition) is 3. The SMILES string of the molecule is Cl.NC[C@@H]1CN(C(=O)c2cc(N3CCNC3=O)ccc2Cl)C[C@H]1c1ccccc1. The van der Waals surface area contributed by atoms with Crippen molar-refractivity contribution in [2.45, 2.75) is 5.92 Å². The highest BCUT2D eigenvalue weighted by Crippen LogP contribution is 2.34. The van der Waals surface area contributed by atoms with Gasteiger partial charge in [0.25, 0.3) is 5.91 Å². The molecule has 29 heavy (non-hydrogen) atoms. The number of nitrogens with one attached hydrogen (secondary N) is 1. The zero-order chi connectivity index (χ0) is 19.7. The molecule has 4 rings (SSSR count). The second kappa shape index (κ2) is 9.03. The van der Waals surface area contributed by atoms with Gasteiger partial charge in [0, 0.05) is 37.8 Å². The first kappa shape index (κ1) is 21.4. The molecule has 6 nitrogen and oxygen atoms in total. The van der Waals surface area contributed by atoms with Crippen LogP contribution in [0.25, 0.3) is 0 Å². The standard InChI is InChI=1S/C21H23ClN4O2.ClH/c22-19-7-6-16(26-9-8-24-21(26)28)10-17(19)20(27)25-12-15(11-23)18(13-25)14-4-2-1-3-5-14;/h1-7,10,15,18H,8-9,11-13,23H2,(H,24,28);1H/t15-,18+;/m1./s1. The van der Waals surface area contributed by atoms with Crippen LogP contribution in [-0.2, 0) is 0 Å². The van der Waals surface area contributed by atoms with Crippen LogP contribution in [0.5, 0.6) is 0 Å². The van der Waals surface area contributed by atoms with E-state index < -0.39 is 0 Å². The summed E-state index contributed by atoms with van der Waals surface area (Å²) in [6, 6.07) is 15.2. The lowest BCUT2D eigenvalue weighted by Crippen LogP contribution is -2.31. The minimum Gasteiger partial charge on any atom is -0.338 e. The summed E-state index contributed by atoms with van der Waals surface area (Å²) in [6.07, 6.45) is 0. The number of urea groups is 1. The van der Waals surface area contributed by atoms with Gasteiger partial charge in [-0.1, -0.05) is 41.9 Å². The van der Waals surface area contributed by atoms with Gasteiger partial charge in [0.15, 0.2) is 0 Å². The van der Waals surface area contributed by atoms with Gasteiger partial charge in [-0.2, -0.15) is 0 Å². The number of hydrogen-bond donors (Lipinski definition) is 2. The molecule has 2 fully saturated rings. The number of anilines is 1. The number of likely N-dealkylation sites (tertiary alicyclic amines) is 1. The fourth-order valence-corrected chi connectivity index (χ4v) is 4.29. The predicted octanol–water partition coefficient (Wildman–Crippen LogP) is 3.11. The smallest absolute Gasteiger partial charge is 0.321 e. The van der Waals surface area contributed by atoms with Crippen molar-refractivity contribution >= 4 is 41.6 Å². The van der Waals surface area contributed by atoms with E-state index in [9.17, 15) is 9.59 Å². The Morgan fingerprint density at radius 3 is 2.59 bits per heavy atom. The van der Waals surface area contributed by atoms with Crippen molar-refractivity contribution in [1.29, 1.82) is 0 Å². The third-order valence-electron chi connectivity index (χ3n) is 5.61. The zero-order valence-electron chi connectivity index (χ0n) is 15.9. The highest BCUT2D eigenvalue weighted by atomic mass is 35.5. The van der Waals surface area contributed by atoms with Crippen LogP contribution >= 0.6 is 24.0 Å². The first-order valence-corrected chi connectivity index (χ1v) is 9.85. The first-order valence-electron chi connectivity index (χ1n) is 9.47. The largest absolute Gasteiger partial charge is 0.338 e. The van der Waals surface area contributed by atoms with Crippen LogP contribution in [-0.4, -0.2) is 49.6 Å². The molecule has 0 bridgehead atoms. The molecule has 0 saturated carbocycles. The molecule has 0 aromatic heterocycles. The molecule has 2 aliphatic rings. The number of nitrogens with zero attached hydrogens (tertiary/aromatic N) is 2. The maximum Gasteiger partial charge on any atom is 0.321 e. The lowest BCUT2D eigenvalue weighted by atomic mass is 9.89. The molecule has 154 valence electrons. The molecule has 0 unspecified atom stereocenters. The highest BCUT2D eigenvalue weighted by molar-refractivity contribution is 6.34. The van der Waals surface area contributed by atoms with Gasteiger partial charge in [0.2, 0.25) is 0 Å². The molecular weight excluding hydrogens is 411 g/mol. The predicted molar refractivity (Wildman–Crippen MR) is 117 cm³/mol. The number of benzene rings is 2. The van der Waals surface area contributed by atoms with Crippen LogP contribution in [0.15, 0.2) is 48.5 Å². The Hall–Kier alpha value is -2.28. The summed E-state index contributed by atoms with van der Waals surface area (Å²) in [6.45, 7) is 2.89. The van der Waals surface area contributed by atoms with Gasteiger partial charge in [-0.05, 0) is 36.2 Å². The summed E-state index contributed by atoms with van der Waals surface area (Å²) in [7, 11) is 0. The van der Waals surface area contributed by atoms with Crippen LogP contribution in [0.3, 0.4) is 0 Å². The van der Waals surface area contributed by atoms with Gasteiger partial charge in [0.05, 0.1) is 10.6 Å². The second-order valence-corrected chi connectivity index (χ2v) is 7.68. The van der Waals surface area contributed by atoms with E-state index in [0.717, 1.165) is 0 Å². The molecule has 2 aliphatic heterocycles. The van der Waals surface area contributed by atoms with Crippen LogP contribution < -0.4 is 16.0 Å². The molecule has 2 aromatic rings. The first-order chi connectivity index (χ1) is 13.6. The van der Waals surface area contributed by atoms with Crippen molar-refractivity contribution in [3.63, 3.8) is 0 Å². The van der Waals surface area contributed by atoms with Gasteiger partial charge in [-0.3, -0.25) is 9.69 Å². The summed E-state index contributed by atoms with van der Waals surface area (Å²) in [5.41, 5.74) is 8.29. The third kappa shape index (κ3) is 4.20. The fourth-order valence-electron chi connectivity index (χ4n) is 4.09. The van der Waals surface area contributed by atoms with Gasteiger partial charge < -0.3 is 16.0 Å². The number of halogens is 2. The Morgan fingerprint density at radius 2 is 1.93 bits per heavy atom. The molecule has 2 atom stereocenters. The number of nitrogens with two attached hydrogens (primary N) is 1. The summed E-state index contributed by atoms with van der Waals surface area (Å²) in [5, 5.41) is 3.16. The summed E-state index contributed by atoms with van der Waals surface area (Å²) < 4.78 is 0. The maximum absolute atomic E-state index is 13.2. The maximum atomic E-state index is 13.2. The van der Waals surface area contributed by atoms with Gasteiger partial charge in [0.1, 0.15) is 0 Å². The molecule has 0 spiro atoms. The molecule has 2 saturated heterocycles. The van der Waals surface area contributed by atoms with Crippen molar-refractivity contribution < 1.29 is 9.59 Å². The lowest BCUT2D eigenvalue weighted by molar-refractivity contribution is 0.0786. The molecule has 3 N–H and O–H groups in total. The van der Waals surface area contributed by atoms with Gasteiger partial charge >= 0.3 is 6.03 Å². The van der Waals surface area contributed by atoms with E-state index in [1.165, 1.54) is 5.56 Å². The van der Waals surface area contributed by atoms with Crippen molar-refractivity contribution in [3.8, 4) is 0 Å². The van der Waals surface area contributed by atoms with Crippen LogP contribution in [0.2, 0.25) is 5.02 Å². The molecular formula is C21H24Cl2N4O2. The van der Waals surface area contributed by atoms with Gasteiger partial charge in [-0.15, -0.1) is 12.4 Å². The number of rotatable bonds is 4. The highest BCUT2D eigenvalue weighted by Gasteiger charge is 2.36. The Morgan fingerprint density at radius 1 is 1.17 bits per heavy atom. The van der Waals surface area contributed by atoms with E-state index >= 15 is 0 Å². The minimum absolute atomic E-state index is 0. The van der Waals surface area contributed by atoms with E-state index in [1.54, 1.807) is 23.1 Å². The normalized spacial score (nSPS) is 21.1. The van der Waals surface area contributed by atoms with Crippen molar-refractivity contribution in [3.05, 3.63) is 64.7 Å². The quantitative estimate of drug-likeness (QED) is 0.775. The monoisotopic (exact) mass is 434 g/mol. The zero-order valence-corrected chi connectivity index (χ0v) is 17.5. The summed E-state index contributed by atoms with van der Waals surface area (Å²) in [5.74, 6) is 0.294. The summed E-state index contributed by atoms with van der Waals surface area (Å²) in [4.78, 5) is 28.6. The Labute approximate surface area is 181 Å². The lowest BCUT2D eigenvalue weighted by Gasteiger charge is -2.20. The summed E-state index contributed by atoms with van der Waals surface area (Å²) >= 11 is 6.34. The van der Waals surface area contributed by atoms with E-state index in [2.05, 4.69) is 17.4 Å². The van der Waals surface area contributed by atoms with E-state index in [1.807, 2.05) is 23.1 Å². The van der Waals surface area contributed by atoms with Crippen molar-refractivity contribution in [2.24, 2.45) is 11.7 Å². The number of carbonyl (C=O) groups is 2. The average molecular weight is 435 g/mol. The Kier molecular flexibility index (Phi) is 6.67. The number of carbonyl (C=O) groups excluding carboxylic acids is 2. The molecule has 0 aliphatic carbocycles. The molecule has 8 heteroatoms. The number of amides is 3. The van der Waals surface area contributed by atoms with Crippen LogP contribution in [0.4, 0.5) is 10.5 Å². The van der Waals surface area contributed by atoms with Crippen LogP contribution in [0.1, 0.15) is 21.8 Å². The second-order valence-electron chi connectivity index (χ2n) is 7.27. The average Bonchev–Trinajstić information content (AvgIpc) is 3.35. The van der Waals surface area contributed by atoms with Crippen LogP contribution in [0, 0.1) is 5.92 Å². The van der Waals surface area contributed by atoms with Gasteiger partial charge in [-0.25, -0.2) is 4.79 Å². The van der Waals surface area contributed by atoms with Crippen molar-refractivity contribution in [1.82, 2.24) is 10.2 Å². The Balaban J connectivity index is 0.00000240. The Bertz CT molecular complexity index is 894. The molecule has 2 heterocycles. The third-order valence-corrected chi connectivity index (χ3v) is 5.94. The molecule has 2 aromatic carbocycles. The van der Waals surface area contributed by atoms with E-state index in [4.69, 9.17) is 17.3 Å². The van der Waals surface area contributed by atoms with E-state index in [0.29, 0.717) is 49.0 Å².